The molecule has 1 atom stereocenters. The van der Waals surface area contributed by atoms with Crippen molar-refractivity contribution in [1.29, 1.82) is 0 Å². The van der Waals surface area contributed by atoms with Crippen molar-refractivity contribution in [2.75, 3.05) is 18.5 Å². The topological polar surface area (TPSA) is 90.9 Å². The molecule has 0 spiro atoms. The summed E-state index contributed by atoms with van der Waals surface area (Å²) in [7, 11) is 0. The fraction of sp³-hybridized carbons (Fsp3) is 0.348. The number of halogens is 3. The number of alkyl halides is 3. The van der Waals surface area contributed by atoms with E-state index in [1.54, 1.807) is 18.2 Å². The van der Waals surface area contributed by atoms with E-state index in [1.807, 2.05) is 0 Å². The molecule has 0 aliphatic carbocycles. The zero-order chi connectivity index (χ0) is 24.0. The first-order chi connectivity index (χ1) is 15.6. The predicted molar refractivity (Wildman–Crippen MR) is 111 cm³/mol. The van der Waals surface area contributed by atoms with Gasteiger partial charge in [0.1, 0.15) is 0 Å². The van der Waals surface area contributed by atoms with Gasteiger partial charge in [0.25, 0.3) is 5.91 Å². The Morgan fingerprint density at radius 2 is 1.67 bits per heavy atom. The molecule has 1 heterocycles. The minimum Gasteiger partial charge on any atom is -0.490 e. The van der Waals surface area contributed by atoms with Gasteiger partial charge in [0.05, 0.1) is 25.2 Å². The Hall–Kier alpha value is -3.56. The van der Waals surface area contributed by atoms with Crippen molar-refractivity contribution in [1.82, 2.24) is 0 Å². The maximum Gasteiger partial charge on any atom is 0.416 e. The Morgan fingerprint density at radius 3 is 2.33 bits per heavy atom. The number of carbonyl (C=O) groups excluding carboxylic acids is 3. The molecule has 7 nitrogen and oxygen atoms in total. The third kappa shape index (κ3) is 6.71. The van der Waals surface area contributed by atoms with Gasteiger partial charge in [0.15, 0.2) is 23.4 Å². The van der Waals surface area contributed by atoms with Crippen LogP contribution in [0.25, 0.3) is 0 Å². The number of rotatable bonds is 7. The lowest BCUT2D eigenvalue weighted by molar-refractivity contribution is -0.153. The van der Waals surface area contributed by atoms with Gasteiger partial charge in [-0.3, -0.25) is 14.4 Å². The summed E-state index contributed by atoms with van der Waals surface area (Å²) in [6, 6.07) is 8.65. The van der Waals surface area contributed by atoms with Crippen molar-refractivity contribution in [3.8, 4) is 11.5 Å². The minimum absolute atomic E-state index is 0.125. The van der Waals surface area contributed by atoms with Gasteiger partial charge in [-0.1, -0.05) is 0 Å². The summed E-state index contributed by atoms with van der Waals surface area (Å²) in [5.74, 6) is -0.750. The molecule has 1 unspecified atom stereocenters. The van der Waals surface area contributed by atoms with Crippen LogP contribution in [0.5, 0.6) is 11.5 Å². The highest BCUT2D eigenvalue weighted by Crippen LogP contribution is 2.31. The van der Waals surface area contributed by atoms with Crippen LogP contribution in [0.1, 0.15) is 42.1 Å². The van der Waals surface area contributed by atoms with E-state index in [-0.39, 0.29) is 24.3 Å². The maximum absolute atomic E-state index is 12.6. The van der Waals surface area contributed by atoms with Gasteiger partial charge in [-0.15, -0.1) is 0 Å². The quantitative estimate of drug-likeness (QED) is 0.482. The van der Waals surface area contributed by atoms with E-state index in [0.29, 0.717) is 30.3 Å². The zero-order valence-electron chi connectivity index (χ0n) is 17.7. The van der Waals surface area contributed by atoms with Crippen molar-refractivity contribution in [3.63, 3.8) is 0 Å². The molecule has 0 fully saturated rings. The van der Waals surface area contributed by atoms with E-state index in [2.05, 4.69) is 5.32 Å². The van der Waals surface area contributed by atoms with E-state index in [0.717, 1.165) is 30.7 Å². The summed E-state index contributed by atoms with van der Waals surface area (Å²) >= 11 is 0. The van der Waals surface area contributed by atoms with Crippen LogP contribution < -0.4 is 14.8 Å². The van der Waals surface area contributed by atoms with Crippen molar-refractivity contribution < 1.29 is 41.8 Å². The molecule has 0 saturated heterocycles. The zero-order valence-corrected chi connectivity index (χ0v) is 17.7. The fourth-order valence-corrected chi connectivity index (χ4v) is 2.99. The average molecular weight is 465 g/mol. The number of hydrogen-bond acceptors (Lipinski definition) is 6. The lowest BCUT2D eigenvalue weighted by atomic mass is 10.1. The highest BCUT2D eigenvalue weighted by atomic mass is 19.4. The molecule has 0 bridgehead atoms. The number of esters is 1. The Bertz CT molecular complexity index is 1020. The first-order valence-corrected chi connectivity index (χ1v) is 10.2. The van der Waals surface area contributed by atoms with Crippen molar-refractivity contribution >= 4 is 23.3 Å². The molecule has 2 aromatic rings. The van der Waals surface area contributed by atoms with Crippen LogP contribution in [0.3, 0.4) is 0 Å². The Kier molecular flexibility index (Phi) is 7.57. The van der Waals surface area contributed by atoms with Crippen LogP contribution in [-0.2, 0) is 20.5 Å². The first-order valence-electron chi connectivity index (χ1n) is 10.2. The van der Waals surface area contributed by atoms with Crippen molar-refractivity contribution in [2.24, 2.45) is 0 Å². The molecule has 0 saturated carbocycles. The molecule has 10 heteroatoms. The van der Waals surface area contributed by atoms with Crippen molar-refractivity contribution in [3.05, 3.63) is 53.6 Å². The third-order valence-electron chi connectivity index (χ3n) is 4.78. The molecule has 1 aliphatic heterocycles. The summed E-state index contributed by atoms with van der Waals surface area (Å²) in [5, 5.41) is 2.37. The molecule has 0 aromatic heterocycles. The van der Waals surface area contributed by atoms with Crippen LogP contribution in [0.4, 0.5) is 18.9 Å². The fourth-order valence-electron chi connectivity index (χ4n) is 2.99. The van der Waals surface area contributed by atoms with Gasteiger partial charge in [0, 0.05) is 24.1 Å². The largest absolute Gasteiger partial charge is 0.490 e. The number of hydrogen-bond donors (Lipinski definition) is 1. The van der Waals surface area contributed by atoms with E-state index in [9.17, 15) is 27.6 Å². The predicted octanol–water partition coefficient (Wildman–Crippen LogP) is 4.40. The van der Waals surface area contributed by atoms with Gasteiger partial charge in [-0.05, 0) is 49.4 Å². The molecule has 33 heavy (non-hydrogen) atoms. The third-order valence-corrected chi connectivity index (χ3v) is 4.78. The molecule has 1 N–H and O–H groups in total. The molecule has 176 valence electrons. The number of carbonyl (C=O) groups is 3. The Morgan fingerprint density at radius 1 is 1.00 bits per heavy atom. The van der Waals surface area contributed by atoms with E-state index >= 15 is 0 Å². The summed E-state index contributed by atoms with van der Waals surface area (Å²) in [6.45, 7) is 2.32. The maximum atomic E-state index is 12.6. The summed E-state index contributed by atoms with van der Waals surface area (Å²) in [5.41, 5.74) is -0.362. The highest BCUT2D eigenvalue weighted by Gasteiger charge is 2.30. The second-order valence-corrected chi connectivity index (χ2v) is 7.33. The molecule has 0 radical (unpaired) electrons. The number of nitrogens with one attached hydrogen (secondary N) is 1. The second-order valence-electron chi connectivity index (χ2n) is 7.33. The number of fused-ring (bicyclic) bond motifs is 1. The van der Waals surface area contributed by atoms with Gasteiger partial charge in [-0.2, -0.15) is 13.2 Å². The number of Topliss-reactive ketones (excluding diaryl/α,β-unsaturated/α-hetero) is 1. The Balaban J connectivity index is 1.47. The first kappa shape index (κ1) is 24.1. The van der Waals surface area contributed by atoms with E-state index in [1.165, 1.54) is 6.92 Å². The number of ketones is 1. The summed E-state index contributed by atoms with van der Waals surface area (Å²) in [6.07, 6.45) is -5.33. The molecule has 1 amide bonds. The normalized spacial score (nSPS) is 14.1. The van der Waals surface area contributed by atoms with Gasteiger partial charge in [-0.25, -0.2) is 0 Å². The van der Waals surface area contributed by atoms with Gasteiger partial charge >= 0.3 is 12.1 Å². The summed E-state index contributed by atoms with van der Waals surface area (Å²) < 4.78 is 53.9. The number of benzene rings is 2. The second kappa shape index (κ2) is 10.4. The SMILES string of the molecule is CC(OC(=O)CCC(=O)c1ccc2c(c1)OCCCO2)C(=O)Nc1ccc(C(F)(F)F)cc1. The lowest BCUT2D eigenvalue weighted by Crippen LogP contribution is -2.30. The lowest BCUT2D eigenvalue weighted by Gasteiger charge is -2.14. The van der Waals surface area contributed by atoms with Gasteiger partial charge < -0.3 is 19.5 Å². The molecule has 2 aromatic carbocycles. The number of anilines is 1. The van der Waals surface area contributed by atoms with Crippen LogP contribution >= 0.6 is 0 Å². The van der Waals surface area contributed by atoms with E-state index < -0.39 is 29.7 Å². The van der Waals surface area contributed by atoms with Gasteiger partial charge in [0.2, 0.25) is 0 Å². The van der Waals surface area contributed by atoms with Crippen LogP contribution in [0.15, 0.2) is 42.5 Å². The van der Waals surface area contributed by atoms with Crippen LogP contribution in [-0.4, -0.2) is 37.0 Å². The summed E-state index contributed by atoms with van der Waals surface area (Å²) in [4.78, 5) is 36.6. The van der Waals surface area contributed by atoms with Crippen LogP contribution in [0, 0.1) is 0 Å². The number of ether oxygens (including phenoxy) is 3. The van der Waals surface area contributed by atoms with Crippen molar-refractivity contribution in [2.45, 2.75) is 38.5 Å². The number of amides is 1. The Labute approximate surface area is 187 Å². The molecule has 1 aliphatic rings. The monoisotopic (exact) mass is 465 g/mol. The van der Waals surface area contributed by atoms with Crippen LogP contribution in [0.2, 0.25) is 0 Å². The average Bonchev–Trinajstić information content (AvgIpc) is 3.02. The smallest absolute Gasteiger partial charge is 0.416 e. The molecular weight excluding hydrogens is 443 g/mol. The highest BCUT2D eigenvalue weighted by molar-refractivity contribution is 5.98. The molecular formula is C23H22F3NO6. The molecule has 3 rings (SSSR count). The standard InChI is InChI=1S/C23H22F3NO6/c1-14(22(30)27-17-6-4-16(5-7-17)23(24,25)26)33-21(29)10-8-18(28)15-3-9-19-20(13-15)32-12-2-11-31-19/h3-7,9,13-14H,2,8,10-12H2,1H3,(H,27,30). The minimum atomic E-state index is -4.48. The van der Waals surface area contributed by atoms with E-state index in [4.69, 9.17) is 14.2 Å².